The molecule has 2 aliphatic rings. The average Bonchev–Trinajstić information content (AvgIpc) is 2.72. The van der Waals surface area contributed by atoms with Gasteiger partial charge >= 0.3 is 11.9 Å². The first-order valence-corrected chi connectivity index (χ1v) is 9.88. The number of methoxy groups -OCH3 is 1. The number of nitrogens with two attached hydrogens (primary N) is 2. The molecule has 2 aromatic carbocycles. The maximum absolute atomic E-state index is 11.6. The van der Waals surface area contributed by atoms with E-state index in [1.807, 2.05) is 48.5 Å². The molecule has 0 bridgehead atoms. The van der Waals surface area contributed by atoms with Gasteiger partial charge in [-0.15, -0.1) is 0 Å². The minimum Gasteiger partial charge on any atom is -0.481 e. The molecule has 0 saturated heterocycles. The Morgan fingerprint density at radius 3 is 1.79 bits per heavy atom. The van der Waals surface area contributed by atoms with E-state index in [0.717, 1.165) is 29.5 Å². The Morgan fingerprint density at radius 2 is 1.31 bits per heavy atom. The molecule has 2 aliphatic carbocycles. The third-order valence-corrected chi connectivity index (χ3v) is 5.69. The van der Waals surface area contributed by atoms with Crippen molar-refractivity contribution in [3.05, 3.63) is 70.8 Å². The van der Waals surface area contributed by atoms with Crippen LogP contribution in [0.15, 0.2) is 48.5 Å². The quantitative estimate of drug-likeness (QED) is 0.671. The summed E-state index contributed by atoms with van der Waals surface area (Å²) in [6, 6.07) is 15.6. The number of esters is 1. The summed E-state index contributed by atoms with van der Waals surface area (Å²) in [7, 11) is 1.42. The first-order valence-electron chi connectivity index (χ1n) is 9.88. The van der Waals surface area contributed by atoms with E-state index in [2.05, 4.69) is 0 Å². The number of benzene rings is 2. The van der Waals surface area contributed by atoms with Crippen LogP contribution in [-0.2, 0) is 27.2 Å². The van der Waals surface area contributed by atoms with Gasteiger partial charge in [0.2, 0.25) is 0 Å². The summed E-state index contributed by atoms with van der Waals surface area (Å²) >= 11 is 0. The van der Waals surface area contributed by atoms with E-state index in [1.165, 1.54) is 12.7 Å². The van der Waals surface area contributed by atoms with E-state index in [9.17, 15) is 9.59 Å². The molecule has 0 aromatic heterocycles. The summed E-state index contributed by atoms with van der Waals surface area (Å²) in [5.74, 6) is -1.56. The predicted molar refractivity (Wildman–Crippen MR) is 111 cm³/mol. The lowest BCUT2D eigenvalue weighted by Gasteiger charge is -2.27. The van der Waals surface area contributed by atoms with Gasteiger partial charge in [-0.25, -0.2) is 0 Å². The van der Waals surface area contributed by atoms with Crippen molar-refractivity contribution < 1.29 is 19.4 Å². The zero-order valence-corrected chi connectivity index (χ0v) is 16.6. The average molecular weight is 396 g/mol. The van der Waals surface area contributed by atoms with Crippen molar-refractivity contribution in [3.63, 3.8) is 0 Å². The number of carboxylic acid groups (broad SMARTS) is 1. The Bertz CT molecular complexity index is 883. The summed E-state index contributed by atoms with van der Waals surface area (Å²) in [5.41, 5.74) is 16.0. The summed E-state index contributed by atoms with van der Waals surface area (Å²) in [6.45, 7) is 0. The molecule has 2 aromatic rings. The molecule has 0 spiro atoms. The van der Waals surface area contributed by atoms with Crippen LogP contribution < -0.4 is 11.5 Å². The van der Waals surface area contributed by atoms with E-state index >= 15 is 0 Å². The molecule has 6 nitrogen and oxygen atoms in total. The highest BCUT2D eigenvalue weighted by Crippen LogP contribution is 2.32. The van der Waals surface area contributed by atoms with Gasteiger partial charge in [-0.2, -0.15) is 0 Å². The lowest BCUT2D eigenvalue weighted by Crippen LogP contribution is -2.33. The van der Waals surface area contributed by atoms with Gasteiger partial charge in [0, 0.05) is 12.1 Å². The summed E-state index contributed by atoms with van der Waals surface area (Å²) in [5, 5.41) is 9.05. The van der Waals surface area contributed by atoms with Crippen LogP contribution in [0.4, 0.5) is 0 Å². The molecule has 0 saturated carbocycles. The van der Waals surface area contributed by atoms with Crippen molar-refractivity contribution in [2.45, 2.75) is 49.6 Å². The van der Waals surface area contributed by atoms with E-state index in [0.29, 0.717) is 12.8 Å². The Labute approximate surface area is 170 Å². The Kier molecular flexibility index (Phi) is 6.67. The molecule has 4 unspecified atom stereocenters. The van der Waals surface area contributed by atoms with Crippen LogP contribution in [0.3, 0.4) is 0 Å². The van der Waals surface area contributed by atoms with Crippen molar-refractivity contribution in [1.29, 1.82) is 0 Å². The smallest absolute Gasteiger partial charge is 0.313 e. The van der Waals surface area contributed by atoms with Crippen LogP contribution in [0, 0.1) is 0 Å². The third kappa shape index (κ3) is 4.83. The van der Waals surface area contributed by atoms with Crippen molar-refractivity contribution in [1.82, 2.24) is 0 Å². The number of carboxylic acids is 1. The normalized spacial score (nSPS) is 24.9. The monoisotopic (exact) mass is 396 g/mol. The Morgan fingerprint density at radius 1 is 0.862 bits per heavy atom. The van der Waals surface area contributed by atoms with Gasteiger partial charge in [-0.1, -0.05) is 48.5 Å². The lowest BCUT2D eigenvalue weighted by atomic mass is 9.80. The van der Waals surface area contributed by atoms with Crippen molar-refractivity contribution in [2.24, 2.45) is 11.5 Å². The number of fused-ring (bicyclic) bond motifs is 2. The zero-order chi connectivity index (χ0) is 21.0. The number of aliphatic carboxylic acids is 1. The van der Waals surface area contributed by atoms with Crippen LogP contribution >= 0.6 is 0 Å². The number of hydrogen-bond donors (Lipinski definition) is 3. The molecule has 0 amide bonds. The molecule has 0 radical (unpaired) electrons. The largest absolute Gasteiger partial charge is 0.481 e. The summed E-state index contributed by atoms with van der Waals surface area (Å²) in [4.78, 5) is 22.6. The topological polar surface area (TPSA) is 116 Å². The van der Waals surface area contributed by atoms with E-state index in [-0.39, 0.29) is 24.0 Å². The maximum Gasteiger partial charge on any atom is 0.313 e. The molecule has 0 fully saturated rings. The highest BCUT2D eigenvalue weighted by Gasteiger charge is 2.31. The molecule has 4 atom stereocenters. The van der Waals surface area contributed by atoms with Crippen molar-refractivity contribution in [3.8, 4) is 0 Å². The van der Waals surface area contributed by atoms with Crippen molar-refractivity contribution >= 4 is 11.9 Å². The van der Waals surface area contributed by atoms with Crippen LogP contribution in [0.5, 0.6) is 0 Å². The first-order chi connectivity index (χ1) is 13.9. The first kappa shape index (κ1) is 21.0. The summed E-state index contributed by atoms with van der Waals surface area (Å²) in [6.07, 6.45) is 2.87. The fourth-order valence-electron chi connectivity index (χ4n) is 4.31. The fraction of sp³-hybridized carbons (Fsp3) is 0.391. The number of rotatable bonds is 2. The van der Waals surface area contributed by atoms with Crippen LogP contribution in [0.25, 0.3) is 0 Å². The molecule has 0 heterocycles. The maximum atomic E-state index is 11.6. The molecular weight excluding hydrogens is 368 g/mol. The zero-order valence-electron chi connectivity index (χ0n) is 16.6. The molecule has 29 heavy (non-hydrogen) atoms. The van der Waals surface area contributed by atoms with Gasteiger partial charge in [0.1, 0.15) is 0 Å². The Hall–Kier alpha value is -2.70. The molecule has 0 aliphatic heterocycles. The highest BCUT2D eigenvalue weighted by atomic mass is 16.5. The SMILES string of the molecule is COC(=O)C1CC(N)Cc2ccccc21.NC1Cc2ccccc2C(C(=O)O)C1. The predicted octanol–water partition coefficient (Wildman–Crippen LogP) is 2.34. The molecule has 5 N–H and O–H groups in total. The number of ether oxygens (including phenoxy) is 1. The van der Waals surface area contributed by atoms with Crippen molar-refractivity contribution in [2.75, 3.05) is 7.11 Å². The second kappa shape index (κ2) is 9.20. The Balaban J connectivity index is 0.000000166. The highest BCUT2D eigenvalue weighted by molar-refractivity contribution is 5.79. The minimum atomic E-state index is -0.771. The number of carbonyl (C=O) groups is 2. The van der Waals surface area contributed by atoms with Crippen LogP contribution in [0.1, 0.15) is 46.9 Å². The third-order valence-electron chi connectivity index (χ3n) is 5.69. The van der Waals surface area contributed by atoms with Gasteiger partial charge in [-0.05, 0) is 47.9 Å². The van der Waals surface area contributed by atoms with Gasteiger partial charge < -0.3 is 21.3 Å². The second-order valence-corrected chi connectivity index (χ2v) is 7.76. The van der Waals surface area contributed by atoms with Crippen LogP contribution in [0.2, 0.25) is 0 Å². The van der Waals surface area contributed by atoms with E-state index in [1.54, 1.807) is 0 Å². The number of hydrogen-bond acceptors (Lipinski definition) is 5. The standard InChI is InChI=1S/C12H15NO2.C11H13NO2/c1-15-12(14)11-7-9(13)6-8-4-2-3-5-10(8)11;12-8-5-7-3-1-2-4-9(7)10(6-8)11(13)14/h2-5,9,11H,6-7,13H2,1H3;1-4,8,10H,5-6,12H2,(H,13,14). The number of carbonyl (C=O) groups excluding carboxylic acids is 1. The van der Waals surface area contributed by atoms with E-state index in [4.69, 9.17) is 21.3 Å². The molecular formula is C23H28N2O4. The second-order valence-electron chi connectivity index (χ2n) is 7.76. The molecule has 6 heteroatoms. The summed E-state index contributed by atoms with van der Waals surface area (Å²) < 4.78 is 4.80. The molecule has 154 valence electrons. The molecule has 4 rings (SSSR count). The lowest BCUT2D eigenvalue weighted by molar-refractivity contribution is -0.143. The van der Waals surface area contributed by atoms with Gasteiger partial charge in [0.15, 0.2) is 0 Å². The van der Waals surface area contributed by atoms with Gasteiger partial charge in [0.25, 0.3) is 0 Å². The fourth-order valence-corrected chi connectivity index (χ4v) is 4.31. The van der Waals surface area contributed by atoms with Gasteiger partial charge in [0.05, 0.1) is 18.9 Å². The van der Waals surface area contributed by atoms with E-state index < -0.39 is 11.9 Å². The minimum absolute atomic E-state index is 0.0222. The van der Waals surface area contributed by atoms with Gasteiger partial charge in [-0.3, -0.25) is 9.59 Å². The van der Waals surface area contributed by atoms with Crippen LogP contribution in [-0.4, -0.2) is 36.2 Å².